The molecule has 2 heterocycles. The Hall–Kier alpha value is -2.71. The van der Waals surface area contributed by atoms with Gasteiger partial charge in [-0.15, -0.1) is 17.5 Å². The number of nitrogens with two attached hydrogens (primary N) is 2. The van der Waals surface area contributed by atoms with Gasteiger partial charge in [0.2, 0.25) is 5.91 Å². The zero-order valence-electron chi connectivity index (χ0n) is 15.7. The number of aryl methyl sites for hydroxylation is 1. The number of carbonyl (C=O) groups excluding carboxylic acids is 1. The summed E-state index contributed by atoms with van der Waals surface area (Å²) >= 11 is 0. The van der Waals surface area contributed by atoms with Crippen molar-refractivity contribution in [2.24, 2.45) is 18.5 Å². The molecule has 4 N–H and O–H groups in total. The molecule has 1 saturated carbocycles. The first-order valence-electron chi connectivity index (χ1n) is 9.14. The maximum Gasteiger partial charge on any atom is 0.248 e. The van der Waals surface area contributed by atoms with Crippen LogP contribution in [0.4, 0.5) is 0 Å². The molecule has 148 valence electrons. The van der Waals surface area contributed by atoms with Gasteiger partial charge >= 0.3 is 0 Å². The van der Waals surface area contributed by atoms with E-state index in [1.54, 1.807) is 23.0 Å². The monoisotopic (exact) mass is 401 g/mol. The standard InChI is InChI=1S/C19H23N7O.ClH/c1-25-16(10-11-22-25)26-19(14-6-8-15(20)9-7-14)23-18(24-26)13-4-2-12(3-5-13)17(21)27;/h2-5,10-11,14-15H,6-9,20H2,1H3,(H2,21,27);1H. The lowest BCUT2D eigenvalue weighted by molar-refractivity contribution is 0.100. The summed E-state index contributed by atoms with van der Waals surface area (Å²) in [4.78, 5) is 16.2. The molecular weight excluding hydrogens is 378 g/mol. The highest BCUT2D eigenvalue weighted by molar-refractivity contribution is 5.93. The minimum absolute atomic E-state index is 0. The molecule has 0 saturated heterocycles. The van der Waals surface area contributed by atoms with Gasteiger partial charge in [0.05, 0.1) is 6.20 Å². The summed E-state index contributed by atoms with van der Waals surface area (Å²) < 4.78 is 3.67. The van der Waals surface area contributed by atoms with Gasteiger partial charge in [-0.3, -0.25) is 9.48 Å². The van der Waals surface area contributed by atoms with Gasteiger partial charge in [-0.25, -0.2) is 4.98 Å². The Morgan fingerprint density at radius 3 is 2.36 bits per heavy atom. The van der Waals surface area contributed by atoms with E-state index in [9.17, 15) is 4.79 Å². The zero-order valence-corrected chi connectivity index (χ0v) is 16.5. The summed E-state index contributed by atoms with van der Waals surface area (Å²) in [5.41, 5.74) is 12.7. The molecule has 3 aromatic rings. The Labute approximate surface area is 169 Å². The van der Waals surface area contributed by atoms with Crippen molar-refractivity contribution in [3.05, 3.63) is 47.9 Å². The van der Waals surface area contributed by atoms with Crippen molar-refractivity contribution in [2.45, 2.75) is 37.6 Å². The Kier molecular flexibility index (Phi) is 5.81. The molecule has 28 heavy (non-hydrogen) atoms. The van der Waals surface area contributed by atoms with Gasteiger partial charge in [0.25, 0.3) is 0 Å². The predicted molar refractivity (Wildman–Crippen MR) is 109 cm³/mol. The average molecular weight is 402 g/mol. The number of halogens is 1. The molecule has 2 aromatic heterocycles. The van der Waals surface area contributed by atoms with Crippen molar-refractivity contribution in [1.29, 1.82) is 0 Å². The van der Waals surface area contributed by atoms with Gasteiger partial charge in [-0.05, 0) is 37.8 Å². The van der Waals surface area contributed by atoms with Crippen molar-refractivity contribution in [1.82, 2.24) is 24.5 Å². The van der Waals surface area contributed by atoms with Crippen LogP contribution in [0, 0.1) is 0 Å². The first-order chi connectivity index (χ1) is 13.0. The van der Waals surface area contributed by atoms with Crippen LogP contribution in [0.25, 0.3) is 17.2 Å². The van der Waals surface area contributed by atoms with Gasteiger partial charge in [0.1, 0.15) is 5.82 Å². The van der Waals surface area contributed by atoms with Crippen LogP contribution in [-0.4, -0.2) is 36.5 Å². The number of carbonyl (C=O) groups is 1. The van der Waals surface area contributed by atoms with E-state index in [-0.39, 0.29) is 18.4 Å². The molecule has 0 atom stereocenters. The lowest BCUT2D eigenvalue weighted by Crippen LogP contribution is -2.27. The Morgan fingerprint density at radius 1 is 1.11 bits per heavy atom. The van der Waals surface area contributed by atoms with Crippen molar-refractivity contribution in [3.8, 4) is 17.2 Å². The lowest BCUT2D eigenvalue weighted by atomic mass is 9.86. The number of amides is 1. The largest absolute Gasteiger partial charge is 0.366 e. The van der Waals surface area contributed by atoms with Crippen molar-refractivity contribution in [3.63, 3.8) is 0 Å². The normalized spacial score (nSPS) is 19.2. The van der Waals surface area contributed by atoms with Gasteiger partial charge in [0, 0.05) is 36.2 Å². The summed E-state index contributed by atoms with van der Waals surface area (Å²) in [5, 5.41) is 9.01. The minimum atomic E-state index is -0.450. The summed E-state index contributed by atoms with van der Waals surface area (Å²) in [5.74, 6) is 2.28. The second-order valence-corrected chi connectivity index (χ2v) is 7.07. The predicted octanol–water partition coefficient (Wildman–Crippen LogP) is 2.17. The fourth-order valence-corrected chi connectivity index (χ4v) is 3.61. The molecule has 1 fully saturated rings. The maximum atomic E-state index is 11.3. The number of rotatable bonds is 4. The fourth-order valence-electron chi connectivity index (χ4n) is 3.61. The smallest absolute Gasteiger partial charge is 0.248 e. The number of nitrogens with zero attached hydrogens (tertiary/aromatic N) is 5. The van der Waals surface area contributed by atoms with Crippen molar-refractivity contribution >= 4 is 18.3 Å². The second kappa shape index (κ2) is 8.12. The first-order valence-corrected chi connectivity index (χ1v) is 9.14. The molecular formula is C19H24ClN7O. The third-order valence-corrected chi connectivity index (χ3v) is 5.21. The quantitative estimate of drug-likeness (QED) is 0.694. The van der Waals surface area contributed by atoms with E-state index in [2.05, 4.69) is 5.10 Å². The third-order valence-electron chi connectivity index (χ3n) is 5.21. The number of hydrogen-bond acceptors (Lipinski definition) is 5. The molecule has 0 spiro atoms. The molecule has 1 aliphatic rings. The molecule has 1 aromatic carbocycles. The van der Waals surface area contributed by atoms with Crippen LogP contribution in [-0.2, 0) is 7.05 Å². The highest BCUT2D eigenvalue weighted by Gasteiger charge is 2.27. The van der Waals surface area contributed by atoms with E-state index >= 15 is 0 Å². The SMILES string of the molecule is Cl.Cn1nccc1-n1nc(-c2ccc(C(N)=O)cc2)nc1C1CCC(N)CC1. The summed E-state index contributed by atoms with van der Waals surface area (Å²) in [7, 11) is 1.89. The minimum Gasteiger partial charge on any atom is -0.366 e. The Morgan fingerprint density at radius 2 is 1.79 bits per heavy atom. The van der Waals surface area contributed by atoms with Crippen LogP contribution in [0.1, 0.15) is 47.8 Å². The molecule has 9 heteroatoms. The Bertz CT molecular complexity index is 955. The molecule has 0 bridgehead atoms. The highest BCUT2D eigenvalue weighted by atomic mass is 35.5. The van der Waals surface area contributed by atoms with Gasteiger partial charge in [-0.2, -0.15) is 9.78 Å². The van der Waals surface area contributed by atoms with Gasteiger partial charge in [0.15, 0.2) is 11.6 Å². The maximum absolute atomic E-state index is 11.3. The van der Waals surface area contributed by atoms with Crippen LogP contribution in [0.15, 0.2) is 36.5 Å². The van der Waals surface area contributed by atoms with Crippen molar-refractivity contribution in [2.75, 3.05) is 0 Å². The number of aromatic nitrogens is 5. The van der Waals surface area contributed by atoms with E-state index in [1.807, 2.05) is 29.9 Å². The van der Waals surface area contributed by atoms with Crippen LogP contribution >= 0.6 is 12.4 Å². The fraction of sp³-hybridized carbons (Fsp3) is 0.368. The van der Waals surface area contributed by atoms with Gasteiger partial charge < -0.3 is 11.5 Å². The molecule has 0 radical (unpaired) electrons. The van der Waals surface area contributed by atoms with E-state index in [0.29, 0.717) is 17.3 Å². The van der Waals surface area contributed by atoms with Crippen LogP contribution < -0.4 is 11.5 Å². The van der Waals surface area contributed by atoms with E-state index in [4.69, 9.17) is 21.5 Å². The Balaban J connectivity index is 0.00000225. The number of hydrogen-bond donors (Lipinski definition) is 2. The molecule has 1 amide bonds. The average Bonchev–Trinajstić information content (AvgIpc) is 3.28. The zero-order chi connectivity index (χ0) is 19.0. The van der Waals surface area contributed by atoms with Crippen LogP contribution in [0.3, 0.4) is 0 Å². The van der Waals surface area contributed by atoms with Crippen LogP contribution in [0.5, 0.6) is 0 Å². The van der Waals surface area contributed by atoms with E-state index in [0.717, 1.165) is 42.9 Å². The molecule has 1 aliphatic carbocycles. The summed E-state index contributed by atoms with van der Waals surface area (Å²) in [6, 6.07) is 9.23. The van der Waals surface area contributed by atoms with Crippen molar-refractivity contribution < 1.29 is 4.79 Å². The summed E-state index contributed by atoms with van der Waals surface area (Å²) in [6.07, 6.45) is 5.73. The van der Waals surface area contributed by atoms with Gasteiger partial charge in [-0.1, -0.05) is 12.1 Å². The van der Waals surface area contributed by atoms with Crippen LogP contribution in [0.2, 0.25) is 0 Å². The molecule has 4 rings (SSSR count). The topological polar surface area (TPSA) is 118 Å². The summed E-state index contributed by atoms with van der Waals surface area (Å²) in [6.45, 7) is 0. The molecule has 8 nitrogen and oxygen atoms in total. The molecule has 0 aliphatic heterocycles. The second-order valence-electron chi connectivity index (χ2n) is 7.07. The van der Waals surface area contributed by atoms with E-state index in [1.165, 1.54) is 0 Å². The third kappa shape index (κ3) is 3.79. The first kappa shape index (κ1) is 20.0. The molecule has 0 unspecified atom stereocenters. The number of primary amides is 1. The highest BCUT2D eigenvalue weighted by Crippen LogP contribution is 2.33. The van der Waals surface area contributed by atoms with E-state index < -0.39 is 5.91 Å². The lowest BCUT2D eigenvalue weighted by Gasteiger charge is -2.25. The number of benzene rings is 1.